The molecule has 1 atom stereocenters. The van der Waals surface area contributed by atoms with Crippen molar-refractivity contribution in [1.29, 1.82) is 0 Å². The molecular weight excluding hydrogens is 223 g/mol. The largest absolute Gasteiger partial charge is 0.433 e. The lowest BCUT2D eigenvalue weighted by molar-refractivity contribution is -0.141. The van der Waals surface area contributed by atoms with E-state index in [1.165, 1.54) is 19.2 Å². The number of rotatable bonds is 4. The van der Waals surface area contributed by atoms with E-state index in [1.54, 1.807) is 0 Å². The van der Waals surface area contributed by atoms with Crippen LogP contribution in [0, 0.1) is 0 Å². The van der Waals surface area contributed by atoms with Gasteiger partial charge < -0.3 is 9.84 Å². The van der Waals surface area contributed by atoms with E-state index in [4.69, 9.17) is 0 Å². The van der Waals surface area contributed by atoms with Gasteiger partial charge in [0, 0.05) is 19.2 Å². The zero-order valence-electron chi connectivity index (χ0n) is 8.66. The average molecular weight is 235 g/mol. The molecule has 6 heteroatoms. The Morgan fingerprint density at radius 3 is 2.69 bits per heavy atom. The number of pyridine rings is 1. The van der Waals surface area contributed by atoms with Crippen molar-refractivity contribution in [3.63, 3.8) is 0 Å². The number of ether oxygens (including phenoxy) is 1. The highest BCUT2D eigenvalue weighted by Gasteiger charge is 2.32. The average Bonchev–Trinajstić information content (AvgIpc) is 2.17. The molecule has 1 aromatic heterocycles. The quantitative estimate of drug-likeness (QED) is 0.862. The third-order valence-corrected chi connectivity index (χ3v) is 1.90. The molecule has 0 amide bonds. The van der Waals surface area contributed by atoms with Gasteiger partial charge in [-0.1, -0.05) is 6.07 Å². The molecular formula is C10H12F3NO2. The molecule has 0 aliphatic heterocycles. The fourth-order valence-corrected chi connectivity index (χ4v) is 1.24. The van der Waals surface area contributed by atoms with Crippen molar-refractivity contribution in [2.45, 2.75) is 18.7 Å². The zero-order valence-corrected chi connectivity index (χ0v) is 8.66. The molecule has 1 N–H and O–H groups in total. The molecule has 0 aromatic carbocycles. The number of nitrogens with zero attached hydrogens (tertiary/aromatic N) is 1. The van der Waals surface area contributed by atoms with Crippen LogP contribution >= 0.6 is 0 Å². The highest BCUT2D eigenvalue weighted by Crippen LogP contribution is 2.27. The summed E-state index contributed by atoms with van der Waals surface area (Å²) >= 11 is 0. The molecule has 1 unspecified atom stereocenters. The Balaban J connectivity index is 2.75. The number of halogens is 3. The topological polar surface area (TPSA) is 42.4 Å². The van der Waals surface area contributed by atoms with Crippen molar-refractivity contribution in [2.75, 3.05) is 13.7 Å². The summed E-state index contributed by atoms with van der Waals surface area (Å²) in [5.41, 5.74) is -0.756. The molecule has 1 aromatic rings. The van der Waals surface area contributed by atoms with Gasteiger partial charge in [0.2, 0.25) is 0 Å². The molecule has 0 spiro atoms. The SMILES string of the molecule is COCC(O)Cc1cccc(C(F)(F)F)n1. The monoisotopic (exact) mass is 235 g/mol. The van der Waals surface area contributed by atoms with Gasteiger partial charge >= 0.3 is 6.18 Å². The van der Waals surface area contributed by atoms with E-state index < -0.39 is 18.0 Å². The number of methoxy groups -OCH3 is 1. The van der Waals surface area contributed by atoms with Gasteiger partial charge in [-0.25, -0.2) is 4.98 Å². The minimum absolute atomic E-state index is 0.0394. The summed E-state index contributed by atoms with van der Waals surface area (Å²) in [5.74, 6) is 0. The zero-order chi connectivity index (χ0) is 12.2. The number of aliphatic hydroxyl groups excluding tert-OH is 1. The smallest absolute Gasteiger partial charge is 0.390 e. The second-order valence-electron chi connectivity index (χ2n) is 3.33. The molecule has 90 valence electrons. The molecule has 0 aliphatic carbocycles. The highest BCUT2D eigenvalue weighted by molar-refractivity contribution is 5.14. The van der Waals surface area contributed by atoms with Crippen molar-refractivity contribution < 1.29 is 23.0 Å². The molecule has 0 fully saturated rings. The fraction of sp³-hybridized carbons (Fsp3) is 0.500. The molecule has 0 aliphatic rings. The van der Waals surface area contributed by atoms with Gasteiger partial charge in [-0.15, -0.1) is 0 Å². The summed E-state index contributed by atoms with van der Waals surface area (Å²) in [6.45, 7) is 0.0674. The van der Waals surface area contributed by atoms with Crippen LogP contribution in [0.2, 0.25) is 0 Å². The van der Waals surface area contributed by atoms with Crippen molar-refractivity contribution >= 4 is 0 Å². The molecule has 1 rings (SSSR count). The van der Waals surface area contributed by atoms with E-state index in [0.717, 1.165) is 6.07 Å². The van der Waals surface area contributed by atoms with Crippen LogP contribution in [0.1, 0.15) is 11.4 Å². The second kappa shape index (κ2) is 5.27. The lowest BCUT2D eigenvalue weighted by Gasteiger charge is -2.10. The van der Waals surface area contributed by atoms with Crippen LogP contribution in [0.3, 0.4) is 0 Å². The lowest BCUT2D eigenvalue weighted by Crippen LogP contribution is -2.18. The van der Waals surface area contributed by atoms with Gasteiger partial charge in [0.05, 0.1) is 12.7 Å². The summed E-state index contributed by atoms with van der Waals surface area (Å²) in [5, 5.41) is 9.35. The first kappa shape index (κ1) is 12.9. The van der Waals surface area contributed by atoms with Gasteiger partial charge in [-0.3, -0.25) is 0 Å². The van der Waals surface area contributed by atoms with Crippen LogP contribution < -0.4 is 0 Å². The van der Waals surface area contributed by atoms with Crippen LogP contribution in [0.25, 0.3) is 0 Å². The van der Waals surface area contributed by atoms with Gasteiger partial charge in [-0.2, -0.15) is 13.2 Å². The minimum atomic E-state index is -4.46. The number of alkyl halides is 3. The van der Waals surface area contributed by atoms with E-state index in [0.29, 0.717) is 0 Å². The summed E-state index contributed by atoms with van der Waals surface area (Å²) in [7, 11) is 1.41. The van der Waals surface area contributed by atoms with Crippen molar-refractivity contribution in [3.8, 4) is 0 Å². The third kappa shape index (κ3) is 3.79. The molecule has 0 saturated carbocycles. The number of aliphatic hydroxyl groups is 1. The summed E-state index contributed by atoms with van der Waals surface area (Å²) < 4.78 is 41.6. The van der Waals surface area contributed by atoms with Crippen molar-refractivity contribution in [1.82, 2.24) is 4.98 Å². The maximum atomic E-state index is 12.3. The molecule has 3 nitrogen and oxygen atoms in total. The first-order valence-corrected chi connectivity index (χ1v) is 4.63. The summed E-state index contributed by atoms with van der Waals surface area (Å²) in [4.78, 5) is 3.43. The van der Waals surface area contributed by atoms with Crippen LogP contribution in [0.5, 0.6) is 0 Å². The summed E-state index contributed by atoms with van der Waals surface area (Å²) in [6, 6.07) is 3.60. The van der Waals surface area contributed by atoms with Crippen LogP contribution in [-0.4, -0.2) is 29.9 Å². The number of aromatic nitrogens is 1. The van der Waals surface area contributed by atoms with Gasteiger partial charge in [-0.05, 0) is 12.1 Å². The standard InChI is InChI=1S/C10H12F3NO2/c1-16-6-8(15)5-7-3-2-4-9(14-7)10(11,12)13/h2-4,8,15H,5-6H2,1H3. The Bertz CT molecular complexity index is 341. The first-order chi connectivity index (χ1) is 7.43. The van der Waals surface area contributed by atoms with Gasteiger partial charge in [0.15, 0.2) is 0 Å². The lowest BCUT2D eigenvalue weighted by atomic mass is 10.2. The van der Waals surface area contributed by atoms with E-state index in [9.17, 15) is 18.3 Å². The maximum absolute atomic E-state index is 12.3. The Kier molecular flexibility index (Phi) is 4.26. The first-order valence-electron chi connectivity index (χ1n) is 4.63. The molecule has 1 heterocycles. The summed E-state index contributed by atoms with van der Waals surface area (Å²) in [6.07, 6.45) is -5.26. The molecule has 0 radical (unpaired) electrons. The van der Waals surface area contributed by atoms with E-state index in [2.05, 4.69) is 9.72 Å². The number of hydrogen-bond donors (Lipinski definition) is 1. The number of hydrogen-bond acceptors (Lipinski definition) is 3. The molecule has 0 saturated heterocycles. The third-order valence-electron chi connectivity index (χ3n) is 1.90. The molecule has 0 bridgehead atoms. The van der Waals surface area contributed by atoms with Gasteiger partial charge in [0.1, 0.15) is 5.69 Å². The predicted octanol–water partition coefficient (Wildman–Crippen LogP) is 1.65. The van der Waals surface area contributed by atoms with Crippen molar-refractivity contribution in [2.24, 2.45) is 0 Å². The maximum Gasteiger partial charge on any atom is 0.433 e. The minimum Gasteiger partial charge on any atom is -0.390 e. The van der Waals surface area contributed by atoms with E-state index in [1.807, 2.05) is 0 Å². The predicted molar refractivity (Wildman–Crippen MR) is 50.8 cm³/mol. The fourth-order valence-electron chi connectivity index (χ4n) is 1.24. The van der Waals surface area contributed by atoms with Gasteiger partial charge in [0.25, 0.3) is 0 Å². The second-order valence-corrected chi connectivity index (χ2v) is 3.33. The van der Waals surface area contributed by atoms with Crippen LogP contribution in [0.15, 0.2) is 18.2 Å². The highest BCUT2D eigenvalue weighted by atomic mass is 19.4. The Labute approximate surface area is 90.9 Å². The van der Waals surface area contributed by atoms with Crippen LogP contribution in [0.4, 0.5) is 13.2 Å². The Hall–Kier alpha value is -1.14. The van der Waals surface area contributed by atoms with Crippen LogP contribution in [-0.2, 0) is 17.3 Å². The Morgan fingerprint density at radius 2 is 2.12 bits per heavy atom. The normalized spacial score (nSPS) is 13.8. The van der Waals surface area contributed by atoms with E-state index in [-0.39, 0.29) is 18.7 Å². The van der Waals surface area contributed by atoms with E-state index >= 15 is 0 Å². The van der Waals surface area contributed by atoms with Crippen molar-refractivity contribution in [3.05, 3.63) is 29.6 Å². The molecule has 16 heavy (non-hydrogen) atoms. The Morgan fingerprint density at radius 1 is 1.44 bits per heavy atom.